The van der Waals surface area contributed by atoms with Gasteiger partial charge in [-0.3, -0.25) is 0 Å². The summed E-state index contributed by atoms with van der Waals surface area (Å²) in [4.78, 5) is 0. The second kappa shape index (κ2) is 3.02. The fraction of sp³-hybridized carbons (Fsp3) is 0.667. The van der Waals surface area contributed by atoms with E-state index in [2.05, 4.69) is 31.0 Å². The van der Waals surface area contributed by atoms with Crippen molar-refractivity contribution in [3.05, 3.63) is 11.1 Å². The summed E-state index contributed by atoms with van der Waals surface area (Å²) in [5.74, 6) is 0. The van der Waals surface area contributed by atoms with E-state index in [-0.39, 0.29) is 0 Å². The molecule has 0 aromatic heterocycles. The smallest absolute Gasteiger partial charge is 0.0279 e. The summed E-state index contributed by atoms with van der Waals surface area (Å²) in [6, 6.07) is 1.00. The highest BCUT2D eigenvalue weighted by Crippen LogP contribution is 2.03. The Kier molecular flexibility index (Phi) is 3.01. The van der Waals surface area contributed by atoms with Crippen molar-refractivity contribution < 1.29 is 0 Å². The summed E-state index contributed by atoms with van der Waals surface area (Å²) in [6.45, 7) is 6.37. The van der Waals surface area contributed by atoms with Crippen LogP contribution in [0.25, 0.3) is 0 Å². The Balaban J connectivity index is 3.72. The molecular formula is C6H11Si. The van der Waals surface area contributed by atoms with E-state index in [4.69, 9.17) is 0 Å². The third-order valence-electron chi connectivity index (χ3n) is 1.12. The molecule has 0 unspecified atom stereocenters. The van der Waals surface area contributed by atoms with Gasteiger partial charge in [0.05, 0.1) is 0 Å². The van der Waals surface area contributed by atoms with Crippen LogP contribution in [0, 0.1) is 0 Å². The lowest BCUT2D eigenvalue weighted by Gasteiger charge is -1.94. The zero-order valence-corrected chi connectivity index (χ0v) is 6.21. The van der Waals surface area contributed by atoms with Crippen molar-refractivity contribution in [2.75, 3.05) is 0 Å². The van der Waals surface area contributed by atoms with Crippen LogP contribution in [0.3, 0.4) is 0 Å². The molecule has 0 aliphatic carbocycles. The molecule has 0 nitrogen and oxygen atoms in total. The summed E-state index contributed by atoms with van der Waals surface area (Å²) < 4.78 is 0. The zero-order valence-electron chi connectivity index (χ0n) is 5.21. The lowest BCUT2D eigenvalue weighted by molar-refractivity contribution is 1.23. The molecule has 0 aromatic carbocycles. The van der Waals surface area contributed by atoms with Crippen LogP contribution in [0.15, 0.2) is 11.1 Å². The van der Waals surface area contributed by atoms with Crippen LogP contribution in [-0.2, 0) is 0 Å². The molecule has 0 aliphatic rings. The van der Waals surface area contributed by atoms with Gasteiger partial charge in [-0.1, -0.05) is 11.1 Å². The quantitative estimate of drug-likeness (QED) is 0.358. The second-order valence-corrected chi connectivity index (χ2v) is 2.31. The Labute approximate surface area is 49.0 Å². The van der Waals surface area contributed by atoms with Crippen molar-refractivity contribution >= 4 is 10.2 Å². The van der Waals surface area contributed by atoms with E-state index in [0.717, 1.165) is 6.04 Å². The van der Waals surface area contributed by atoms with Gasteiger partial charge in [-0.25, -0.2) is 0 Å². The molecule has 0 saturated heterocycles. The monoisotopic (exact) mass is 111 g/mol. The van der Waals surface area contributed by atoms with Gasteiger partial charge in [-0.15, -0.1) is 0 Å². The van der Waals surface area contributed by atoms with Crippen LogP contribution in [-0.4, -0.2) is 10.2 Å². The molecule has 0 heterocycles. The van der Waals surface area contributed by atoms with E-state index in [1.54, 1.807) is 0 Å². The van der Waals surface area contributed by atoms with Crippen molar-refractivity contribution in [1.82, 2.24) is 0 Å². The molecule has 0 rings (SSSR count). The van der Waals surface area contributed by atoms with Crippen LogP contribution >= 0.6 is 0 Å². The Morgan fingerprint density at radius 3 is 1.71 bits per heavy atom. The first-order valence-electron chi connectivity index (χ1n) is 2.46. The largest absolute Gasteiger partial charge is 0.0780 e. The second-order valence-electron chi connectivity index (χ2n) is 1.96. The third kappa shape index (κ3) is 2.63. The zero-order chi connectivity index (χ0) is 5.86. The first-order valence-corrected chi connectivity index (χ1v) is 3.16. The van der Waals surface area contributed by atoms with Gasteiger partial charge in [0.25, 0.3) is 0 Å². The Bertz CT molecular complexity index is 78.2. The highest BCUT2D eigenvalue weighted by Gasteiger charge is 1.83. The maximum atomic E-state index is 3.40. The fourth-order valence-electron chi connectivity index (χ4n) is 0.177. The number of hydrogen-bond acceptors (Lipinski definition) is 0. The normalized spacial score (nSPS) is 8.57. The van der Waals surface area contributed by atoms with Crippen molar-refractivity contribution in [3.8, 4) is 0 Å². The molecule has 1 heteroatoms. The number of rotatable bonds is 1. The van der Waals surface area contributed by atoms with Crippen LogP contribution in [0.2, 0.25) is 6.04 Å². The molecule has 7 heavy (non-hydrogen) atoms. The van der Waals surface area contributed by atoms with Crippen molar-refractivity contribution in [1.29, 1.82) is 0 Å². The summed E-state index contributed by atoms with van der Waals surface area (Å²) in [6.07, 6.45) is 0. The van der Waals surface area contributed by atoms with Crippen LogP contribution < -0.4 is 0 Å². The van der Waals surface area contributed by atoms with Gasteiger partial charge < -0.3 is 0 Å². The molecule has 0 aliphatic heterocycles. The van der Waals surface area contributed by atoms with Gasteiger partial charge in [0.2, 0.25) is 0 Å². The van der Waals surface area contributed by atoms with Gasteiger partial charge in [0.15, 0.2) is 0 Å². The molecule has 0 spiro atoms. The molecule has 0 fully saturated rings. The number of allylic oxidation sites excluding steroid dienone is 2. The maximum Gasteiger partial charge on any atom is 0.0279 e. The summed E-state index contributed by atoms with van der Waals surface area (Å²) >= 11 is 0. The average Bonchev–Trinajstić information content (AvgIpc) is 1.65. The first kappa shape index (κ1) is 6.96. The van der Waals surface area contributed by atoms with Crippen molar-refractivity contribution in [2.24, 2.45) is 0 Å². The predicted octanol–water partition coefficient (Wildman–Crippen LogP) is 1.93. The lowest BCUT2D eigenvalue weighted by atomic mass is 10.2. The molecule has 39 valence electrons. The SMILES string of the molecule is CC(C)=C(C)C[Si]. The van der Waals surface area contributed by atoms with E-state index >= 15 is 0 Å². The van der Waals surface area contributed by atoms with E-state index in [1.165, 1.54) is 11.1 Å². The Hall–Kier alpha value is -0.0431. The Morgan fingerprint density at radius 1 is 1.29 bits per heavy atom. The highest BCUT2D eigenvalue weighted by atomic mass is 28.1. The minimum absolute atomic E-state index is 1.00. The van der Waals surface area contributed by atoms with Gasteiger partial charge in [0, 0.05) is 10.2 Å². The molecule has 0 bridgehead atoms. The van der Waals surface area contributed by atoms with Gasteiger partial charge in [-0.05, 0) is 26.8 Å². The van der Waals surface area contributed by atoms with E-state index < -0.39 is 0 Å². The highest BCUT2D eigenvalue weighted by molar-refractivity contribution is 6.10. The minimum Gasteiger partial charge on any atom is -0.0780 e. The van der Waals surface area contributed by atoms with Crippen molar-refractivity contribution in [2.45, 2.75) is 26.8 Å². The van der Waals surface area contributed by atoms with Gasteiger partial charge in [-0.2, -0.15) is 0 Å². The summed E-state index contributed by atoms with van der Waals surface area (Å²) in [5, 5.41) is 0. The van der Waals surface area contributed by atoms with E-state index in [0.29, 0.717) is 0 Å². The molecule has 0 N–H and O–H groups in total. The molecular weight excluding hydrogens is 100 g/mol. The number of hydrogen-bond donors (Lipinski definition) is 0. The van der Waals surface area contributed by atoms with Gasteiger partial charge >= 0.3 is 0 Å². The lowest BCUT2D eigenvalue weighted by Crippen LogP contribution is -1.76. The summed E-state index contributed by atoms with van der Waals surface area (Å²) in [5.41, 5.74) is 2.84. The molecule has 0 saturated carbocycles. The van der Waals surface area contributed by atoms with Crippen LogP contribution in [0.5, 0.6) is 0 Å². The minimum atomic E-state index is 1.00. The van der Waals surface area contributed by atoms with Crippen LogP contribution in [0.1, 0.15) is 20.8 Å². The molecule has 3 radical (unpaired) electrons. The molecule has 0 atom stereocenters. The predicted molar refractivity (Wildman–Crippen MR) is 34.6 cm³/mol. The summed E-state index contributed by atoms with van der Waals surface area (Å²) in [7, 11) is 3.40. The van der Waals surface area contributed by atoms with E-state index in [1.807, 2.05) is 0 Å². The third-order valence-corrected chi connectivity index (χ3v) is 1.65. The standard InChI is InChI=1S/C6H11Si/c1-5(2)6(3)4-7/h4H2,1-3H3. The average molecular weight is 111 g/mol. The van der Waals surface area contributed by atoms with Crippen molar-refractivity contribution in [3.63, 3.8) is 0 Å². The fourth-order valence-corrected chi connectivity index (χ4v) is 0.530. The van der Waals surface area contributed by atoms with Crippen LogP contribution in [0.4, 0.5) is 0 Å². The molecule has 0 aromatic rings. The van der Waals surface area contributed by atoms with E-state index in [9.17, 15) is 0 Å². The molecule has 0 amide bonds. The Morgan fingerprint density at radius 2 is 1.71 bits per heavy atom. The van der Waals surface area contributed by atoms with Gasteiger partial charge in [0.1, 0.15) is 0 Å². The first-order chi connectivity index (χ1) is 3.18. The maximum absolute atomic E-state index is 3.40. The topological polar surface area (TPSA) is 0 Å².